The van der Waals surface area contributed by atoms with Crippen molar-refractivity contribution >= 4 is 5.78 Å². The van der Waals surface area contributed by atoms with E-state index in [1.165, 1.54) is 5.57 Å². The molecule has 0 aliphatic carbocycles. The van der Waals surface area contributed by atoms with Crippen LogP contribution in [-0.2, 0) is 4.79 Å². The highest BCUT2D eigenvalue weighted by Crippen LogP contribution is 2.31. The summed E-state index contributed by atoms with van der Waals surface area (Å²) in [7, 11) is 0. The van der Waals surface area contributed by atoms with Crippen LogP contribution in [0.3, 0.4) is 0 Å². The maximum Gasteiger partial charge on any atom is 0.152 e. The molecule has 1 heteroatoms. The van der Waals surface area contributed by atoms with E-state index in [2.05, 4.69) is 33.8 Å². The second-order valence-electron chi connectivity index (χ2n) is 4.25. The number of carbonyl (C=O) groups is 1. The summed E-state index contributed by atoms with van der Waals surface area (Å²) >= 11 is 0. The monoisotopic (exact) mass is 194 g/mol. The predicted octanol–water partition coefficient (Wildman–Crippen LogP) is 3.90. The fourth-order valence-electron chi connectivity index (χ4n) is 1.20. The van der Waals surface area contributed by atoms with Crippen molar-refractivity contribution in [2.24, 2.45) is 5.41 Å². The molecule has 0 aliphatic heterocycles. The highest BCUT2D eigenvalue weighted by molar-refractivity contribution is 5.87. The summed E-state index contributed by atoms with van der Waals surface area (Å²) in [6.07, 6.45) is 7.90. The number of hydrogen-bond acceptors (Lipinski definition) is 1. The Morgan fingerprint density at radius 3 is 2.14 bits per heavy atom. The van der Waals surface area contributed by atoms with E-state index in [-0.39, 0.29) is 11.2 Å². The highest BCUT2D eigenvalue weighted by Gasteiger charge is 2.18. The average Bonchev–Trinajstić information content (AvgIpc) is 2.11. The van der Waals surface area contributed by atoms with Gasteiger partial charge in [0, 0.05) is 0 Å². The third kappa shape index (κ3) is 4.40. The second-order valence-corrected chi connectivity index (χ2v) is 4.25. The van der Waals surface area contributed by atoms with Gasteiger partial charge in [0.2, 0.25) is 0 Å². The molecular weight excluding hydrogens is 172 g/mol. The predicted molar refractivity (Wildman–Crippen MR) is 62.3 cm³/mol. The van der Waals surface area contributed by atoms with Gasteiger partial charge in [0.1, 0.15) is 0 Å². The molecule has 0 heterocycles. The highest BCUT2D eigenvalue weighted by atomic mass is 16.1. The Morgan fingerprint density at radius 2 is 1.79 bits per heavy atom. The Hall–Kier alpha value is -0.850. The molecule has 0 rings (SSSR count). The van der Waals surface area contributed by atoms with Crippen LogP contribution in [0.4, 0.5) is 0 Å². The Kier molecular flexibility index (Phi) is 5.44. The van der Waals surface area contributed by atoms with Gasteiger partial charge in [-0.05, 0) is 36.8 Å². The van der Waals surface area contributed by atoms with Gasteiger partial charge in [-0.2, -0.15) is 0 Å². The van der Waals surface area contributed by atoms with Crippen molar-refractivity contribution in [2.75, 3.05) is 0 Å². The van der Waals surface area contributed by atoms with E-state index in [1.54, 1.807) is 13.0 Å². The number of rotatable bonds is 5. The van der Waals surface area contributed by atoms with Crippen LogP contribution in [0.15, 0.2) is 23.8 Å². The van der Waals surface area contributed by atoms with E-state index in [1.807, 2.05) is 6.08 Å². The molecule has 0 aromatic carbocycles. The van der Waals surface area contributed by atoms with E-state index >= 15 is 0 Å². The zero-order valence-corrected chi connectivity index (χ0v) is 10.1. The van der Waals surface area contributed by atoms with Crippen LogP contribution in [0, 0.1) is 5.41 Å². The first-order valence-corrected chi connectivity index (χ1v) is 5.33. The first kappa shape index (κ1) is 13.2. The minimum Gasteiger partial charge on any atom is -0.295 e. The standard InChI is InChI=1S/C13H22O/c1-6-8-12(10-9-11(3)14)13(4,5)7-2/h8-10H,6-7H2,1-5H3/b10-9+,12-8-. The lowest BCUT2D eigenvalue weighted by Gasteiger charge is -2.24. The van der Waals surface area contributed by atoms with Crippen molar-refractivity contribution in [3.05, 3.63) is 23.8 Å². The van der Waals surface area contributed by atoms with Crippen LogP contribution in [0.5, 0.6) is 0 Å². The molecule has 14 heavy (non-hydrogen) atoms. The van der Waals surface area contributed by atoms with Gasteiger partial charge in [-0.3, -0.25) is 4.79 Å². The molecule has 0 saturated carbocycles. The van der Waals surface area contributed by atoms with Crippen LogP contribution in [0.2, 0.25) is 0 Å². The Bertz CT molecular complexity index is 244. The van der Waals surface area contributed by atoms with Gasteiger partial charge in [0.15, 0.2) is 5.78 Å². The number of carbonyl (C=O) groups excluding carboxylic acids is 1. The summed E-state index contributed by atoms with van der Waals surface area (Å²) in [5, 5.41) is 0. The van der Waals surface area contributed by atoms with Crippen molar-refractivity contribution < 1.29 is 4.79 Å². The van der Waals surface area contributed by atoms with Crippen molar-refractivity contribution in [3.8, 4) is 0 Å². The van der Waals surface area contributed by atoms with Crippen molar-refractivity contribution in [3.63, 3.8) is 0 Å². The zero-order chi connectivity index (χ0) is 11.2. The van der Waals surface area contributed by atoms with Crippen molar-refractivity contribution in [1.82, 2.24) is 0 Å². The number of allylic oxidation sites excluding steroid dienone is 4. The maximum atomic E-state index is 10.9. The van der Waals surface area contributed by atoms with E-state index in [0.717, 1.165) is 12.8 Å². The lowest BCUT2D eigenvalue weighted by molar-refractivity contribution is -0.112. The minimum atomic E-state index is 0.110. The van der Waals surface area contributed by atoms with E-state index < -0.39 is 0 Å². The Morgan fingerprint density at radius 1 is 1.21 bits per heavy atom. The van der Waals surface area contributed by atoms with Gasteiger partial charge in [-0.25, -0.2) is 0 Å². The molecule has 0 N–H and O–H groups in total. The summed E-state index contributed by atoms with van der Waals surface area (Å²) in [5.74, 6) is 0.110. The van der Waals surface area contributed by atoms with E-state index in [0.29, 0.717) is 0 Å². The SMILES string of the molecule is CC/C=C(/C=C/C(C)=O)C(C)(C)CC. The van der Waals surface area contributed by atoms with Gasteiger partial charge in [0.25, 0.3) is 0 Å². The molecule has 0 atom stereocenters. The summed E-state index contributed by atoms with van der Waals surface area (Å²) in [4.78, 5) is 10.9. The van der Waals surface area contributed by atoms with Crippen LogP contribution >= 0.6 is 0 Å². The topological polar surface area (TPSA) is 17.1 Å². The van der Waals surface area contributed by atoms with Crippen LogP contribution in [-0.4, -0.2) is 5.78 Å². The van der Waals surface area contributed by atoms with Crippen LogP contribution < -0.4 is 0 Å². The lowest BCUT2D eigenvalue weighted by atomic mass is 9.81. The van der Waals surface area contributed by atoms with Crippen molar-refractivity contribution in [2.45, 2.75) is 47.5 Å². The molecule has 80 valence electrons. The summed E-state index contributed by atoms with van der Waals surface area (Å²) in [5.41, 5.74) is 1.43. The minimum absolute atomic E-state index is 0.110. The van der Waals surface area contributed by atoms with Crippen LogP contribution in [0.1, 0.15) is 47.5 Å². The quantitative estimate of drug-likeness (QED) is 0.479. The smallest absolute Gasteiger partial charge is 0.152 e. The molecular formula is C13H22O. The molecule has 1 nitrogen and oxygen atoms in total. The molecule has 0 fully saturated rings. The van der Waals surface area contributed by atoms with Gasteiger partial charge in [0.05, 0.1) is 0 Å². The largest absolute Gasteiger partial charge is 0.295 e. The molecule has 0 bridgehead atoms. The molecule has 0 aliphatic rings. The molecule has 0 spiro atoms. The fourth-order valence-corrected chi connectivity index (χ4v) is 1.20. The van der Waals surface area contributed by atoms with Crippen molar-refractivity contribution in [1.29, 1.82) is 0 Å². The van der Waals surface area contributed by atoms with Gasteiger partial charge in [-0.1, -0.05) is 39.8 Å². The summed E-state index contributed by atoms with van der Waals surface area (Å²) in [6.45, 7) is 10.3. The molecule has 0 aromatic heterocycles. The molecule has 0 saturated heterocycles. The van der Waals surface area contributed by atoms with E-state index in [9.17, 15) is 4.79 Å². The third-order valence-electron chi connectivity index (χ3n) is 2.59. The molecule has 0 aromatic rings. The van der Waals surface area contributed by atoms with E-state index in [4.69, 9.17) is 0 Å². The summed E-state index contributed by atoms with van der Waals surface area (Å²) in [6, 6.07) is 0. The third-order valence-corrected chi connectivity index (χ3v) is 2.59. The zero-order valence-electron chi connectivity index (χ0n) is 10.1. The maximum absolute atomic E-state index is 10.9. The van der Waals surface area contributed by atoms with Crippen LogP contribution in [0.25, 0.3) is 0 Å². The molecule has 0 unspecified atom stereocenters. The molecule has 0 amide bonds. The number of ketones is 1. The average molecular weight is 194 g/mol. The van der Waals surface area contributed by atoms with Gasteiger partial charge >= 0.3 is 0 Å². The molecule has 0 radical (unpaired) electrons. The fraction of sp³-hybridized carbons (Fsp3) is 0.615. The Balaban J connectivity index is 4.79. The summed E-state index contributed by atoms with van der Waals surface area (Å²) < 4.78 is 0. The lowest BCUT2D eigenvalue weighted by Crippen LogP contribution is -2.12. The first-order chi connectivity index (χ1) is 6.44. The van der Waals surface area contributed by atoms with Gasteiger partial charge < -0.3 is 0 Å². The first-order valence-electron chi connectivity index (χ1n) is 5.33. The Labute approximate surface area is 87.9 Å². The second kappa shape index (κ2) is 5.79. The van der Waals surface area contributed by atoms with Gasteiger partial charge in [-0.15, -0.1) is 0 Å². The normalized spacial score (nSPS) is 13.6. The number of hydrogen-bond donors (Lipinski definition) is 0.